The zero-order valence-corrected chi connectivity index (χ0v) is 16.5. The topological polar surface area (TPSA) is 44.1 Å². The molecule has 138 valence electrons. The number of benzene rings is 2. The quantitative estimate of drug-likeness (QED) is 0.462. The highest BCUT2D eigenvalue weighted by molar-refractivity contribution is 7.98. The molecule has 3 aromatic rings. The molecular formula is C21H19ClN2O2S. The third kappa shape index (κ3) is 3.62. The van der Waals surface area contributed by atoms with Crippen LogP contribution in [0.2, 0.25) is 5.02 Å². The minimum absolute atomic E-state index is 0.245. The van der Waals surface area contributed by atoms with E-state index in [1.54, 1.807) is 23.4 Å². The van der Waals surface area contributed by atoms with Crippen LogP contribution >= 0.6 is 23.4 Å². The summed E-state index contributed by atoms with van der Waals surface area (Å²) in [6.45, 7) is 0. The molecule has 1 heterocycles. The van der Waals surface area contributed by atoms with Crippen LogP contribution in [-0.4, -0.2) is 16.7 Å². The molecule has 0 aliphatic heterocycles. The molecule has 0 saturated heterocycles. The van der Waals surface area contributed by atoms with Crippen molar-refractivity contribution in [2.75, 3.05) is 7.11 Å². The van der Waals surface area contributed by atoms with E-state index in [2.05, 4.69) is 4.98 Å². The number of fused-ring (bicyclic) bond motifs is 1. The number of methoxy groups -OCH3 is 1. The summed E-state index contributed by atoms with van der Waals surface area (Å²) in [6, 6.07) is 15.3. The fourth-order valence-corrected chi connectivity index (χ4v) is 4.78. The molecule has 0 fully saturated rings. The summed E-state index contributed by atoms with van der Waals surface area (Å²) >= 11 is 7.85. The number of hydrogen-bond acceptors (Lipinski definition) is 4. The second-order valence-corrected chi connectivity index (χ2v) is 7.77. The van der Waals surface area contributed by atoms with Crippen LogP contribution in [0.1, 0.15) is 23.2 Å². The van der Waals surface area contributed by atoms with Crippen molar-refractivity contribution in [1.82, 2.24) is 9.55 Å². The molecule has 0 saturated carbocycles. The summed E-state index contributed by atoms with van der Waals surface area (Å²) < 4.78 is 7.03. The fraction of sp³-hybridized carbons (Fsp3) is 0.238. The Labute approximate surface area is 167 Å². The lowest BCUT2D eigenvalue weighted by Gasteiger charge is -2.15. The monoisotopic (exact) mass is 398 g/mol. The molecule has 0 unspecified atom stereocenters. The Kier molecular flexibility index (Phi) is 5.23. The fourth-order valence-electron chi connectivity index (χ4n) is 3.42. The summed E-state index contributed by atoms with van der Waals surface area (Å²) in [5, 5.41) is 1.57. The van der Waals surface area contributed by atoms with Crippen LogP contribution in [0, 0.1) is 0 Å². The first kappa shape index (κ1) is 18.1. The molecule has 0 atom stereocenters. The van der Waals surface area contributed by atoms with E-state index >= 15 is 0 Å². The molecule has 1 aliphatic carbocycles. The van der Waals surface area contributed by atoms with Crippen LogP contribution in [0.3, 0.4) is 0 Å². The van der Waals surface area contributed by atoms with Gasteiger partial charge >= 0.3 is 5.69 Å². The van der Waals surface area contributed by atoms with Crippen molar-refractivity contribution in [3.05, 3.63) is 80.9 Å². The van der Waals surface area contributed by atoms with Crippen LogP contribution in [-0.2, 0) is 18.6 Å². The first-order chi connectivity index (χ1) is 13.2. The highest BCUT2D eigenvalue weighted by atomic mass is 35.5. The zero-order chi connectivity index (χ0) is 18.8. The van der Waals surface area contributed by atoms with Gasteiger partial charge in [-0.1, -0.05) is 35.9 Å². The van der Waals surface area contributed by atoms with Crippen molar-refractivity contribution >= 4 is 23.4 Å². The first-order valence-electron chi connectivity index (χ1n) is 8.83. The molecule has 0 radical (unpaired) electrons. The number of rotatable bonds is 5. The van der Waals surface area contributed by atoms with Gasteiger partial charge in [0.25, 0.3) is 0 Å². The molecule has 6 heteroatoms. The zero-order valence-electron chi connectivity index (χ0n) is 14.9. The molecule has 1 aliphatic rings. The Morgan fingerprint density at radius 2 is 2.04 bits per heavy atom. The van der Waals surface area contributed by atoms with Gasteiger partial charge in [0.2, 0.25) is 0 Å². The summed E-state index contributed by atoms with van der Waals surface area (Å²) in [4.78, 5) is 17.3. The lowest BCUT2D eigenvalue weighted by Crippen LogP contribution is -2.25. The van der Waals surface area contributed by atoms with E-state index in [0.717, 1.165) is 52.0 Å². The van der Waals surface area contributed by atoms with E-state index in [0.29, 0.717) is 5.75 Å². The largest absolute Gasteiger partial charge is 0.497 e. The normalized spacial score (nSPS) is 12.8. The average Bonchev–Trinajstić information content (AvgIpc) is 3.16. The highest BCUT2D eigenvalue weighted by Gasteiger charge is 2.23. The summed E-state index contributed by atoms with van der Waals surface area (Å²) in [5.74, 6) is 1.42. The Balaban J connectivity index is 1.72. The number of ether oxygens (including phenoxy) is 1. The third-order valence-corrected chi connectivity index (χ3v) is 6.17. The Hall–Kier alpha value is -2.24. The Bertz CT molecular complexity index is 1050. The number of nitrogens with zero attached hydrogens (tertiary/aromatic N) is 2. The average molecular weight is 399 g/mol. The van der Waals surface area contributed by atoms with Gasteiger partial charge in [0.1, 0.15) is 10.8 Å². The maximum atomic E-state index is 12.8. The maximum absolute atomic E-state index is 12.8. The number of aromatic nitrogens is 2. The second-order valence-electron chi connectivity index (χ2n) is 6.40. The molecule has 2 aromatic carbocycles. The van der Waals surface area contributed by atoms with Crippen molar-refractivity contribution in [1.29, 1.82) is 0 Å². The predicted octanol–water partition coefficient (Wildman–Crippen LogP) is 4.68. The van der Waals surface area contributed by atoms with Crippen molar-refractivity contribution in [3.8, 4) is 11.4 Å². The van der Waals surface area contributed by atoms with Crippen LogP contribution in [0.5, 0.6) is 5.75 Å². The smallest absolute Gasteiger partial charge is 0.353 e. The van der Waals surface area contributed by atoms with Gasteiger partial charge in [0.15, 0.2) is 0 Å². The van der Waals surface area contributed by atoms with E-state index in [1.807, 2.05) is 48.5 Å². The molecule has 1 aromatic heterocycles. The molecule has 4 rings (SSSR count). The minimum atomic E-state index is -0.245. The molecule has 4 nitrogen and oxygen atoms in total. The summed E-state index contributed by atoms with van der Waals surface area (Å²) in [6.07, 6.45) is 2.85. The summed E-state index contributed by atoms with van der Waals surface area (Å²) in [7, 11) is 1.62. The van der Waals surface area contributed by atoms with Crippen LogP contribution in [0.4, 0.5) is 0 Å². The molecular weight excluding hydrogens is 380 g/mol. The van der Waals surface area contributed by atoms with Gasteiger partial charge in [-0.15, -0.1) is 11.8 Å². The molecule has 0 spiro atoms. The van der Waals surface area contributed by atoms with E-state index in [1.165, 1.54) is 5.56 Å². The van der Waals surface area contributed by atoms with Gasteiger partial charge in [-0.3, -0.25) is 4.57 Å². The third-order valence-electron chi connectivity index (χ3n) is 4.74. The molecule has 0 bridgehead atoms. The van der Waals surface area contributed by atoms with E-state index < -0.39 is 0 Å². The van der Waals surface area contributed by atoms with Crippen LogP contribution in [0.25, 0.3) is 5.69 Å². The van der Waals surface area contributed by atoms with Gasteiger partial charge < -0.3 is 4.74 Å². The van der Waals surface area contributed by atoms with E-state index in [-0.39, 0.29) is 5.69 Å². The maximum Gasteiger partial charge on any atom is 0.353 e. The molecule has 0 N–H and O–H groups in total. The molecule has 27 heavy (non-hydrogen) atoms. The van der Waals surface area contributed by atoms with Crippen LogP contribution < -0.4 is 10.4 Å². The van der Waals surface area contributed by atoms with E-state index in [4.69, 9.17) is 16.3 Å². The van der Waals surface area contributed by atoms with Crippen molar-refractivity contribution in [2.45, 2.75) is 30.0 Å². The number of thioether (sulfide) groups is 1. The lowest BCUT2D eigenvalue weighted by atomic mass is 10.2. The van der Waals surface area contributed by atoms with Gasteiger partial charge in [0.05, 0.1) is 12.8 Å². The first-order valence-corrected chi connectivity index (χ1v) is 10.2. The Morgan fingerprint density at radius 3 is 2.85 bits per heavy atom. The highest BCUT2D eigenvalue weighted by Crippen LogP contribution is 2.33. The molecule has 0 amide bonds. The number of hydrogen-bond donors (Lipinski definition) is 0. The van der Waals surface area contributed by atoms with Crippen LogP contribution in [0.15, 0.2) is 58.4 Å². The Morgan fingerprint density at radius 1 is 1.19 bits per heavy atom. The van der Waals surface area contributed by atoms with Crippen molar-refractivity contribution in [3.63, 3.8) is 0 Å². The van der Waals surface area contributed by atoms with Crippen molar-refractivity contribution < 1.29 is 4.74 Å². The van der Waals surface area contributed by atoms with Gasteiger partial charge in [0, 0.05) is 28.1 Å². The van der Waals surface area contributed by atoms with Gasteiger partial charge in [-0.05, 0) is 43.0 Å². The lowest BCUT2D eigenvalue weighted by molar-refractivity contribution is 0.414. The van der Waals surface area contributed by atoms with Gasteiger partial charge in [-0.25, -0.2) is 4.79 Å². The van der Waals surface area contributed by atoms with Gasteiger partial charge in [-0.2, -0.15) is 4.98 Å². The minimum Gasteiger partial charge on any atom is -0.497 e. The second kappa shape index (κ2) is 7.79. The van der Waals surface area contributed by atoms with E-state index in [9.17, 15) is 4.79 Å². The van der Waals surface area contributed by atoms with Crippen molar-refractivity contribution in [2.24, 2.45) is 0 Å². The summed E-state index contributed by atoms with van der Waals surface area (Å²) in [5.41, 5.74) is 3.84. The number of halogens is 1. The predicted molar refractivity (Wildman–Crippen MR) is 109 cm³/mol. The standard InChI is InChI=1S/C21H19ClN2O2S/c1-26-16-8-4-7-15(12-16)24-19-11-5-9-17(19)20(23-21(24)25)27-13-14-6-2-3-10-18(14)22/h2-4,6-8,10,12H,5,9,11,13H2,1H3. The SMILES string of the molecule is COc1cccc(-n2c3c(c(SCc4ccccc4Cl)nc2=O)CCC3)c1.